The Morgan fingerprint density at radius 3 is 2.31 bits per heavy atom. The fourth-order valence-electron chi connectivity index (χ4n) is 3.94. The molecule has 0 amide bonds. The first-order valence-electron chi connectivity index (χ1n) is 9.46. The minimum atomic E-state index is -1.36. The molecule has 0 aliphatic carbocycles. The summed E-state index contributed by atoms with van der Waals surface area (Å²) in [6.45, 7) is 1.25. The van der Waals surface area contributed by atoms with Gasteiger partial charge in [-0.2, -0.15) is 0 Å². The van der Waals surface area contributed by atoms with Crippen molar-refractivity contribution in [3.8, 4) is 11.5 Å². The predicted octanol–water partition coefficient (Wildman–Crippen LogP) is 2.72. The van der Waals surface area contributed by atoms with E-state index in [-0.39, 0.29) is 18.8 Å². The first-order valence-corrected chi connectivity index (χ1v) is 9.46. The maximum Gasteiger partial charge on any atom is 0.313 e. The van der Waals surface area contributed by atoms with Gasteiger partial charge in [-0.25, -0.2) is 4.39 Å². The van der Waals surface area contributed by atoms with E-state index in [1.54, 1.807) is 32.4 Å². The van der Waals surface area contributed by atoms with Crippen LogP contribution in [0.5, 0.6) is 11.5 Å². The summed E-state index contributed by atoms with van der Waals surface area (Å²) in [6.07, 6.45) is -0.516. The number of aliphatic carboxylic acids is 1. The maximum atomic E-state index is 13.2. The van der Waals surface area contributed by atoms with Gasteiger partial charge >= 0.3 is 5.97 Å². The van der Waals surface area contributed by atoms with E-state index in [0.29, 0.717) is 36.6 Å². The van der Waals surface area contributed by atoms with Crippen molar-refractivity contribution in [2.45, 2.75) is 25.5 Å². The van der Waals surface area contributed by atoms with E-state index in [1.165, 1.54) is 12.1 Å². The Bertz CT molecular complexity index is 835. The minimum Gasteiger partial charge on any atom is -0.497 e. The lowest BCUT2D eigenvalue weighted by Gasteiger charge is -2.43. The van der Waals surface area contributed by atoms with Crippen LogP contribution in [0.3, 0.4) is 0 Å². The molecule has 156 valence electrons. The third kappa shape index (κ3) is 4.68. The van der Waals surface area contributed by atoms with Gasteiger partial charge in [0.25, 0.3) is 0 Å². The normalized spacial score (nSPS) is 22.3. The van der Waals surface area contributed by atoms with Crippen LogP contribution in [0.15, 0.2) is 42.5 Å². The molecule has 3 rings (SSSR count). The molecule has 2 aromatic rings. The summed E-state index contributed by atoms with van der Waals surface area (Å²) in [6, 6.07) is 11.3. The summed E-state index contributed by atoms with van der Waals surface area (Å²) in [4.78, 5) is 14.3. The second-order valence-corrected chi connectivity index (χ2v) is 7.50. The Balaban J connectivity index is 1.84. The van der Waals surface area contributed by atoms with Gasteiger partial charge in [0.15, 0.2) is 0 Å². The average molecular weight is 403 g/mol. The lowest BCUT2D eigenvalue weighted by atomic mass is 9.72. The molecule has 0 bridgehead atoms. The number of methoxy groups -OCH3 is 2. The number of aliphatic hydroxyl groups is 1. The van der Waals surface area contributed by atoms with Crippen molar-refractivity contribution in [3.05, 3.63) is 59.4 Å². The monoisotopic (exact) mass is 403 g/mol. The van der Waals surface area contributed by atoms with Crippen LogP contribution >= 0.6 is 0 Å². The zero-order valence-corrected chi connectivity index (χ0v) is 16.6. The van der Waals surface area contributed by atoms with Crippen LogP contribution in [0.1, 0.15) is 17.5 Å². The number of rotatable bonds is 7. The van der Waals surface area contributed by atoms with Crippen LogP contribution in [0, 0.1) is 11.2 Å². The number of hydrogen-bond acceptors (Lipinski definition) is 5. The van der Waals surface area contributed by atoms with Crippen molar-refractivity contribution < 1.29 is 28.9 Å². The molecule has 1 aliphatic heterocycles. The highest BCUT2D eigenvalue weighted by Crippen LogP contribution is 2.36. The van der Waals surface area contributed by atoms with E-state index < -0.39 is 17.5 Å². The van der Waals surface area contributed by atoms with Gasteiger partial charge in [0.2, 0.25) is 0 Å². The average Bonchev–Trinajstić information content (AvgIpc) is 2.71. The summed E-state index contributed by atoms with van der Waals surface area (Å²) in [7, 11) is 3.15. The quantitative estimate of drug-likeness (QED) is 0.740. The van der Waals surface area contributed by atoms with Crippen molar-refractivity contribution in [2.75, 3.05) is 27.3 Å². The van der Waals surface area contributed by atoms with Crippen LogP contribution < -0.4 is 9.47 Å². The maximum absolute atomic E-state index is 13.2. The van der Waals surface area contributed by atoms with Gasteiger partial charge in [0.05, 0.1) is 20.3 Å². The molecule has 0 radical (unpaired) electrons. The van der Waals surface area contributed by atoms with E-state index in [1.807, 2.05) is 17.0 Å². The number of halogens is 1. The van der Waals surface area contributed by atoms with Gasteiger partial charge in [-0.3, -0.25) is 9.69 Å². The molecule has 6 nitrogen and oxygen atoms in total. The number of hydrogen-bond donors (Lipinski definition) is 2. The molecule has 2 aromatic carbocycles. The first kappa shape index (κ1) is 21.1. The van der Waals surface area contributed by atoms with Crippen LogP contribution in [0.2, 0.25) is 0 Å². The zero-order chi connectivity index (χ0) is 21.0. The van der Waals surface area contributed by atoms with Gasteiger partial charge in [0, 0.05) is 25.7 Å². The van der Waals surface area contributed by atoms with Gasteiger partial charge < -0.3 is 19.7 Å². The van der Waals surface area contributed by atoms with Crippen molar-refractivity contribution in [1.82, 2.24) is 4.90 Å². The summed E-state index contributed by atoms with van der Waals surface area (Å²) >= 11 is 0. The Morgan fingerprint density at radius 1 is 1.14 bits per heavy atom. The van der Waals surface area contributed by atoms with Gasteiger partial charge in [-0.1, -0.05) is 12.1 Å². The Morgan fingerprint density at radius 2 is 1.76 bits per heavy atom. The number of carboxylic acids is 1. The molecule has 2 atom stereocenters. The summed E-state index contributed by atoms with van der Waals surface area (Å²) < 4.78 is 23.8. The van der Waals surface area contributed by atoms with Gasteiger partial charge in [0.1, 0.15) is 22.7 Å². The number of ether oxygens (including phenoxy) is 2. The highest BCUT2D eigenvalue weighted by Gasteiger charge is 2.49. The Hall–Kier alpha value is -2.64. The van der Waals surface area contributed by atoms with Crippen LogP contribution in [0.4, 0.5) is 4.39 Å². The van der Waals surface area contributed by atoms with E-state index in [2.05, 4.69) is 0 Å². The molecule has 0 saturated carbocycles. The summed E-state index contributed by atoms with van der Waals surface area (Å²) in [5.41, 5.74) is 0.246. The van der Waals surface area contributed by atoms with Crippen LogP contribution in [-0.4, -0.2) is 54.5 Å². The zero-order valence-electron chi connectivity index (χ0n) is 16.6. The molecule has 0 aromatic heterocycles. The van der Waals surface area contributed by atoms with Gasteiger partial charge in [-0.05, 0) is 48.2 Å². The highest BCUT2D eigenvalue weighted by atomic mass is 19.1. The molecule has 1 heterocycles. The number of aliphatic hydroxyl groups excluding tert-OH is 1. The highest BCUT2D eigenvalue weighted by molar-refractivity contribution is 5.76. The number of nitrogens with zero attached hydrogens (tertiary/aromatic N) is 1. The van der Waals surface area contributed by atoms with Crippen molar-refractivity contribution >= 4 is 5.97 Å². The standard InChI is InChI=1S/C22H26FNO5/c1-28-18-9-16(10-19(11-18)29-2)13-24-8-7-20(25)22(14-24,21(26)27)12-15-3-5-17(23)6-4-15/h3-6,9-11,20,25H,7-8,12-14H2,1-2H3,(H,26,27)/t20-,22-/m1/s1. The Kier molecular flexibility index (Phi) is 6.39. The molecule has 29 heavy (non-hydrogen) atoms. The number of carboxylic acid groups (broad SMARTS) is 1. The number of piperidine rings is 1. The molecular formula is C22H26FNO5. The minimum absolute atomic E-state index is 0.127. The molecule has 1 fully saturated rings. The van der Waals surface area contributed by atoms with Gasteiger partial charge in [-0.15, -0.1) is 0 Å². The second-order valence-electron chi connectivity index (χ2n) is 7.50. The number of likely N-dealkylation sites (tertiary alicyclic amines) is 1. The smallest absolute Gasteiger partial charge is 0.313 e. The molecule has 7 heteroatoms. The third-order valence-corrected chi connectivity index (χ3v) is 5.54. The van der Waals surface area contributed by atoms with Crippen LogP contribution in [-0.2, 0) is 17.8 Å². The lowest BCUT2D eigenvalue weighted by molar-refractivity contribution is -0.163. The van der Waals surface area contributed by atoms with Crippen molar-refractivity contribution in [3.63, 3.8) is 0 Å². The fraction of sp³-hybridized carbons (Fsp3) is 0.409. The summed E-state index contributed by atoms with van der Waals surface area (Å²) in [5.74, 6) is -0.113. The largest absolute Gasteiger partial charge is 0.497 e. The molecule has 2 N–H and O–H groups in total. The van der Waals surface area contributed by atoms with E-state index in [0.717, 1.165) is 5.56 Å². The van der Waals surface area contributed by atoms with Crippen molar-refractivity contribution in [1.29, 1.82) is 0 Å². The Labute approximate surface area is 169 Å². The number of benzene rings is 2. The number of carbonyl (C=O) groups is 1. The topological polar surface area (TPSA) is 79.2 Å². The summed E-state index contributed by atoms with van der Waals surface area (Å²) in [5, 5.41) is 20.7. The van der Waals surface area contributed by atoms with E-state index >= 15 is 0 Å². The van der Waals surface area contributed by atoms with E-state index in [9.17, 15) is 19.4 Å². The first-order chi connectivity index (χ1) is 13.9. The lowest BCUT2D eigenvalue weighted by Crippen LogP contribution is -2.56. The third-order valence-electron chi connectivity index (χ3n) is 5.54. The van der Waals surface area contributed by atoms with Crippen LogP contribution in [0.25, 0.3) is 0 Å². The molecule has 1 aliphatic rings. The second kappa shape index (κ2) is 8.80. The molecule has 0 unspecified atom stereocenters. The molecular weight excluding hydrogens is 377 g/mol. The molecule has 1 saturated heterocycles. The molecule has 0 spiro atoms. The fourth-order valence-corrected chi connectivity index (χ4v) is 3.94. The van der Waals surface area contributed by atoms with E-state index in [4.69, 9.17) is 9.47 Å². The SMILES string of the molecule is COc1cc(CN2CC[C@@H](O)[C@](Cc3ccc(F)cc3)(C(=O)O)C2)cc(OC)c1. The van der Waals surface area contributed by atoms with Crippen molar-refractivity contribution in [2.24, 2.45) is 5.41 Å². The predicted molar refractivity (Wildman–Crippen MR) is 106 cm³/mol.